The van der Waals surface area contributed by atoms with Crippen LogP contribution in [0.25, 0.3) is 6.08 Å². The molecule has 6 heteroatoms. The third kappa shape index (κ3) is 4.61. The number of carbonyl (C=O) groups is 3. The Morgan fingerprint density at radius 1 is 0.964 bits per heavy atom. The third-order valence-corrected chi connectivity index (χ3v) is 4.90. The third-order valence-electron chi connectivity index (χ3n) is 4.90. The molecule has 1 atom stereocenters. The zero-order chi connectivity index (χ0) is 20.7. The van der Waals surface area contributed by atoms with Crippen LogP contribution in [0.2, 0.25) is 0 Å². The maximum absolute atomic E-state index is 12.6. The Bertz CT molecular complexity index is 729. The van der Waals surface area contributed by atoms with Crippen LogP contribution >= 0.6 is 0 Å². The van der Waals surface area contributed by atoms with Crippen molar-refractivity contribution in [2.45, 2.75) is 40.5 Å². The Balaban J connectivity index is 2.27. The summed E-state index contributed by atoms with van der Waals surface area (Å²) < 4.78 is 15.4. The van der Waals surface area contributed by atoms with Gasteiger partial charge in [0.2, 0.25) is 0 Å². The molecule has 1 unspecified atom stereocenters. The van der Waals surface area contributed by atoms with Gasteiger partial charge in [-0.3, -0.25) is 9.59 Å². The lowest BCUT2D eigenvalue weighted by molar-refractivity contribution is -0.171. The second kappa shape index (κ2) is 9.53. The molecule has 1 aromatic carbocycles. The largest absolute Gasteiger partial charge is 0.465 e. The summed E-state index contributed by atoms with van der Waals surface area (Å²) in [5.41, 5.74) is 1.06. The highest BCUT2D eigenvalue weighted by Crippen LogP contribution is 2.47. The molecule has 0 heterocycles. The van der Waals surface area contributed by atoms with Gasteiger partial charge in [0.1, 0.15) is 0 Å². The zero-order valence-corrected chi connectivity index (χ0v) is 16.9. The van der Waals surface area contributed by atoms with Crippen molar-refractivity contribution in [3.05, 3.63) is 41.0 Å². The molecular weight excluding hydrogens is 360 g/mol. The Hall–Kier alpha value is -2.63. The number of allylic oxidation sites excluding steroid dienone is 1. The summed E-state index contributed by atoms with van der Waals surface area (Å²) in [6.45, 7) is 7.93. The number of carbonyl (C=O) groups excluding carboxylic acids is 3. The van der Waals surface area contributed by atoms with E-state index in [-0.39, 0.29) is 31.5 Å². The molecule has 0 aromatic heterocycles. The van der Waals surface area contributed by atoms with Crippen molar-refractivity contribution in [1.29, 1.82) is 0 Å². The Labute approximate surface area is 165 Å². The van der Waals surface area contributed by atoms with Crippen LogP contribution in [0.15, 0.2) is 29.8 Å². The fraction of sp³-hybridized carbons (Fsp3) is 0.500. The number of benzene rings is 1. The number of hydrogen-bond acceptors (Lipinski definition) is 6. The van der Waals surface area contributed by atoms with Gasteiger partial charge in [-0.15, -0.1) is 0 Å². The molecule has 28 heavy (non-hydrogen) atoms. The second-order valence-electron chi connectivity index (χ2n) is 6.87. The summed E-state index contributed by atoms with van der Waals surface area (Å²) in [4.78, 5) is 37.0. The van der Waals surface area contributed by atoms with Crippen molar-refractivity contribution in [3.8, 4) is 0 Å². The minimum atomic E-state index is -1.29. The van der Waals surface area contributed by atoms with Gasteiger partial charge in [-0.1, -0.05) is 30.7 Å². The molecule has 0 N–H and O–H groups in total. The van der Waals surface area contributed by atoms with E-state index >= 15 is 0 Å². The average molecular weight is 388 g/mol. The number of hydrogen-bond donors (Lipinski definition) is 0. The van der Waals surface area contributed by atoms with Gasteiger partial charge in [-0.2, -0.15) is 0 Å². The van der Waals surface area contributed by atoms with Crippen LogP contribution in [0, 0.1) is 11.3 Å². The van der Waals surface area contributed by atoms with Gasteiger partial charge in [-0.05, 0) is 57.2 Å². The molecule has 152 valence electrons. The van der Waals surface area contributed by atoms with Crippen LogP contribution in [0.1, 0.15) is 56.5 Å². The van der Waals surface area contributed by atoms with Gasteiger partial charge in [0.05, 0.1) is 25.4 Å². The molecule has 1 saturated carbocycles. The molecule has 1 aromatic rings. The van der Waals surface area contributed by atoms with Gasteiger partial charge >= 0.3 is 17.9 Å². The summed E-state index contributed by atoms with van der Waals surface area (Å²) in [6, 6.07) is 7.04. The van der Waals surface area contributed by atoms with E-state index < -0.39 is 17.4 Å². The molecule has 0 bridgehead atoms. The van der Waals surface area contributed by atoms with Gasteiger partial charge < -0.3 is 14.2 Å². The fourth-order valence-corrected chi connectivity index (χ4v) is 3.52. The fourth-order valence-electron chi connectivity index (χ4n) is 3.52. The molecule has 1 fully saturated rings. The van der Waals surface area contributed by atoms with Crippen LogP contribution in [-0.4, -0.2) is 37.7 Å². The first kappa shape index (κ1) is 21.7. The summed E-state index contributed by atoms with van der Waals surface area (Å²) in [5, 5.41) is 0. The normalized spacial score (nSPS) is 19.3. The minimum Gasteiger partial charge on any atom is -0.465 e. The second-order valence-corrected chi connectivity index (χ2v) is 6.87. The van der Waals surface area contributed by atoms with Crippen LogP contribution < -0.4 is 0 Å². The maximum Gasteiger partial charge on any atom is 0.338 e. The predicted octanol–water partition coefficient (Wildman–Crippen LogP) is 3.79. The quantitative estimate of drug-likeness (QED) is 0.402. The molecular formula is C22H28O6. The maximum atomic E-state index is 12.6. The van der Waals surface area contributed by atoms with E-state index in [0.717, 1.165) is 11.1 Å². The molecule has 0 amide bonds. The van der Waals surface area contributed by atoms with E-state index in [4.69, 9.17) is 14.2 Å². The van der Waals surface area contributed by atoms with Crippen molar-refractivity contribution < 1.29 is 28.6 Å². The lowest BCUT2D eigenvalue weighted by Gasteiger charge is -2.24. The minimum absolute atomic E-state index is 0.0264. The van der Waals surface area contributed by atoms with Crippen molar-refractivity contribution >= 4 is 24.0 Å². The summed E-state index contributed by atoms with van der Waals surface area (Å²) >= 11 is 0. The van der Waals surface area contributed by atoms with Crippen LogP contribution in [0.3, 0.4) is 0 Å². The van der Waals surface area contributed by atoms with Gasteiger partial charge in [0, 0.05) is 0 Å². The summed E-state index contributed by atoms with van der Waals surface area (Å²) in [5.74, 6) is -1.39. The Morgan fingerprint density at radius 3 is 2.00 bits per heavy atom. The lowest BCUT2D eigenvalue weighted by atomic mass is 9.85. The first-order chi connectivity index (χ1) is 13.4. The average Bonchev–Trinajstić information content (AvgIpc) is 3.00. The standard InChI is InChI=1S/C22H28O6/c1-5-26-19(23)17-10-8-16(9-11-17)12-18-14-22(13-15(18)4,20(24)27-6-2)21(25)28-7-3/h8-12,15H,5-7,13-14H2,1-4H3/b18-12+. The summed E-state index contributed by atoms with van der Waals surface area (Å²) in [7, 11) is 0. The predicted molar refractivity (Wildman–Crippen MR) is 104 cm³/mol. The van der Waals surface area contributed by atoms with Gasteiger partial charge in [0.25, 0.3) is 0 Å². The highest BCUT2D eigenvalue weighted by molar-refractivity contribution is 6.01. The highest BCUT2D eigenvalue weighted by Gasteiger charge is 2.54. The zero-order valence-electron chi connectivity index (χ0n) is 16.9. The van der Waals surface area contributed by atoms with Crippen molar-refractivity contribution in [1.82, 2.24) is 0 Å². The molecule has 1 aliphatic rings. The molecule has 0 saturated heterocycles. The smallest absolute Gasteiger partial charge is 0.338 e. The number of ether oxygens (including phenoxy) is 3. The van der Waals surface area contributed by atoms with Crippen molar-refractivity contribution in [2.75, 3.05) is 19.8 Å². The van der Waals surface area contributed by atoms with Crippen molar-refractivity contribution in [3.63, 3.8) is 0 Å². The van der Waals surface area contributed by atoms with Crippen LogP contribution in [0.4, 0.5) is 0 Å². The van der Waals surface area contributed by atoms with E-state index in [1.54, 1.807) is 32.9 Å². The van der Waals surface area contributed by atoms with E-state index in [0.29, 0.717) is 18.6 Å². The van der Waals surface area contributed by atoms with Crippen molar-refractivity contribution in [2.24, 2.45) is 11.3 Å². The first-order valence-electron chi connectivity index (χ1n) is 9.70. The van der Waals surface area contributed by atoms with Crippen LogP contribution in [0.5, 0.6) is 0 Å². The van der Waals surface area contributed by atoms with Gasteiger partial charge in [-0.25, -0.2) is 4.79 Å². The van der Waals surface area contributed by atoms with Crippen LogP contribution in [-0.2, 0) is 23.8 Å². The Morgan fingerprint density at radius 2 is 1.50 bits per heavy atom. The first-order valence-corrected chi connectivity index (χ1v) is 9.70. The monoisotopic (exact) mass is 388 g/mol. The Kier molecular flexibility index (Phi) is 7.38. The molecule has 1 aliphatic carbocycles. The van der Waals surface area contributed by atoms with E-state index in [9.17, 15) is 14.4 Å². The summed E-state index contributed by atoms with van der Waals surface area (Å²) in [6.07, 6.45) is 2.59. The molecule has 0 spiro atoms. The molecule has 0 aliphatic heterocycles. The van der Waals surface area contributed by atoms with E-state index in [2.05, 4.69) is 0 Å². The van der Waals surface area contributed by atoms with E-state index in [1.165, 1.54) is 0 Å². The highest BCUT2D eigenvalue weighted by atomic mass is 16.6. The lowest BCUT2D eigenvalue weighted by Crippen LogP contribution is -2.40. The molecule has 6 nitrogen and oxygen atoms in total. The van der Waals surface area contributed by atoms with Gasteiger partial charge in [0.15, 0.2) is 5.41 Å². The number of esters is 3. The topological polar surface area (TPSA) is 78.9 Å². The molecule has 2 rings (SSSR count). The van der Waals surface area contributed by atoms with E-state index in [1.807, 2.05) is 25.1 Å². The molecule has 0 radical (unpaired) electrons. The SMILES string of the molecule is CCOC(=O)c1ccc(/C=C2\CC(C(=O)OCC)(C(=O)OCC)CC2C)cc1. The number of rotatable bonds is 7.